The average Bonchev–Trinajstić information content (AvgIpc) is 2.78. The largest absolute Gasteiger partial charge is 0.358 e. The summed E-state index contributed by atoms with van der Waals surface area (Å²) in [5.74, 6) is 0.0118. The maximum absolute atomic E-state index is 11.6. The number of carbonyl (C=O) groups is 1. The highest BCUT2D eigenvalue weighted by molar-refractivity contribution is 5.85. The van der Waals surface area contributed by atoms with E-state index in [1.165, 1.54) is 5.56 Å². The number of fused-ring (bicyclic) bond motifs is 1. The molecule has 3 N–H and O–H groups in total. The van der Waals surface area contributed by atoms with E-state index in [-0.39, 0.29) is 11.9 Å². The monoisotopic (exact) mass is 231 g/mol. The van der Waals surface area contributed by atoms with Gasteiger partial charge in [0.05, 0.1) is 6.04 Å². The van der Waals surface area contributed by atoms with E-state index in [1.54, 1.807) is 14.1 Å². The van der Waals surface area contributed by atoms with Crippen LogP contribution in [0.2, 0.25) is 0 Å². The lowest BCUT2D eigenvalue weighted by Gasteiger charge is -2.14. The normalized spacial score (nSPS) is 15.1. The van der Waals surface area contributed by atoms with E-state index in [0.29, 0.717) is 6.42 Å². The van der Waals surface area contributed by atoms with Crippen molar-refractivity contribution < 1.29 is 10.1 Å². The number of nitrogens with one attached hydrogen (secondary N) is 3. The number of hydrogen-bond acceptors (Lipinski definition) is 3. The molecular formula is C13H17N3O+. The van der Waals surface area contributed by atoms with Crippen molar-refractivity contribution >= 4 is 17.2 Å². The molecule has 0 fully saturated rings. The molecule has 4 heteroatoms. The van der Waals surface area contributed by atoms with E-state index in [2.05, 4.69) is 22.0 Å². The van der Waals surface area contributed by atoms with Gasteiger partial charge in [-0.3, -0.25) is 4.79 Å². The van der Waals surface area contributed by atoms with E-state index in [9.17, 15) is 4.79 Å². The predicted octanol–water partition coefficient (Wildman–Crippen LogP) is -0.254. The van der Waals surface area contributed by atoms with E-state index < -0.39 is 0 Å². The van der Waals surface area contributed by atoms with Crippen LogP contribution in [0.3, 0.4) is 0 Å². The van der Waals surface area contributed by atoms with Crippen LogP contribution in [0.5, 0.6) is 0 Å². The minimum atomic E-state index is -0.195. The van der Waals surface area contributed by atoms with Crippen molar-refractivity contribution in [2.24, 2.45) is 0 Å². The zero-order valence-corrected chi connectivity index (χ0v) is 10.1. The molecule has 1 radical (unpaired) electrons. The Kier molecular flexibility index (Phi) is 3.56. The Bertz CT molecular complexity index is 454. The molecule has 0 bridgehead atoms. The van der Waals surface area contributed by atoms with Crippen LogP contribution < -0.4 is 16.0 Å². The van der Waals surface area contributed by atoms with E-state index in [4.69, 9.17) is 0 Å². The summed E-state index contributed by atoms with van der Waals surface area (Å²) < 4.78 is 0. The molecule has 2 rings (SSSR count). The zero-order chi connectivity index (χ0) is 12.3. The summed E-state index contributed by atoms with van der Waals surface area (Å²) in [4.78, 5) is 11.6. The van der Waals surface area contributed by atoms with Gasteiger partial charge in [-0.1, -0.05) is 12.1 Å². The number of likely N-dealkylation sites (N-methyl/N-ethyl adjacent to an activating group) is 2. The Morgan fingerprint density at radius 1 is 1.35 bits per heavy atom. The lowest BCUT2D eigenvalue weighted by Crippen LogP contribution is -2.69. The third kappa shape index (κ3) is 2.38. The van der Waals surface area contributed by atoms with Crippen LogP contribution in [0.1, 0.15) is 12.0 Å². The zero-order valence-electron chi connectivity index (χ0n) is 10.1. The molecule has 1 amide bonds. The fourth-order valence-electron chi connectivity index (χ4n) is 2.02. The van der Waals surface area contributed by atoms with Gasteiger partial charge in [0.1, 0.15) is 0 Å². The van der Waals surface area contributed by atoms with Gasteiger partial charge in [0, 0.05) is 30.7 Å². The Hall–Kier alpha value is -1.65. The van der Waals surface area contributed by atoms with Gasteiger partial charge in [0.25, 0.3) is 0 Å². The molecule has 1 atom stereocenters. The first-order valence-electron chi connectivity index (χ1n) is 5.70. The summed E-state index contributed by atoms with van der Waals surface area (Å²) in [7, 11) is 3.46. The first-order chi connectivity index (χ1) is 8.26. The van der Waals surface area contributed by atoms with Crippen molar-refractivity contribution in [2.75, 3.05) is 14.1 Å². The van der Waals surface area contributed by atoms with Crippen molar-refractivity contribution in [3.8, 4) is 0 Å². The lowest BCUT2D eigenvalue weighted by molar-refractivity contribution is -0.491. The fourth-order valence-corrected chi connectivity index (χ4v) is 2.02. The third-order valence-corrected chi connectivity index (χ3v) is 3.01. The Labute approximate surface area is 101 Å². The van der Waals surface area contributed by atoms with Crippen molar-refractivity contribution in [1.29, 1.82) is 0 Å². The second kappa shape index (κ2) is 5.12. The molecule has 1 aliphatic rings. The molecular weight excluding hydrogens is 214 g/mol. The second-order valence-corrected chi connectivity index (χ2v) is 4.02. The fraction of sp³-hybridized carbons (Fsp3) is 0.308. The van der Waals surface area contributed by atoms with Gasteiger partial charge in [-0.05, 0) is 13.1 Å². The van der Waals surface area contributed by atoms with E-state index in [1.807, 2.05) is 24.4 Å². The lowest BCUT2D eigenvalue weighted by atomic mass is 10.00. The molecule has 17 heavy (non-hydrogen) atoms. The number of para-hydroxylation sites is 1. The first kappa shape index (κ1) is 11.8. The standard InChI is InChI=1S/C13H17N3O/c1-14-12(13(17)15-2)7-9-8-16-11-6-4-3-5-10(9)11/h3-6,8,12,14,16H,7H2,1-2H3,(H,15,17)/q+1/t12-/m0/s1. The molecule has 1 aliphatic heterocycles. The third-order valence-electron chi connectivity index (χ3n) is 3.01. The molecule has 0 saturated carbocycles. The van der Waals surface area contributed by atoms with Crippen LogP contribution >= 0.6 is 0 Å². The van der Waals surface area contributed by atoms with Crippen molar-refractivity contribution in [3.63, 3.8) is 0 Å². The van der Waals surface area contributed by atoms with Gasteiger partial charge < -0.3 is 10.6 Å². The van der Waals surface area contributed by atoms with Gasteiger partial charge in [0.2, 0.25) is 5.91 Å². The highest BCUT2D eigenvalue weighted by atomic mass is 16.2. The number of benzene rings is 1. The van der Waals surface area contributed by atoms with Crippen LogP contribution in [-0.4, -0.2) is 26.0 Å². The summed E-state index contributed by atoms with van der Waals surface area (Å²) in [6, 6.07) is 7.91. The van der Waals surface area contributed by atoms with Crippen molar-refractivity contribution in [2.45, 2.75) is 12.5 Å². The molecule has 0 saturated heterocycles. The Morgan fingerprint density at radius 3 is 2.82 bits per heavy atom. The topological polar surface area (TPSA) is 56.7 Å². The van der Waals surface area contributed by atoms with E-state index in [0.717, 1.165) is 11.3 Å². The molecule has 0 aliphatic carbocycles. The number of hydrogen-bond donors (Lipinski definition) is 3. The number of amides is 1. The Morgan fingerprint density at radius 2 is 2.12 bits per heavy atom. The van der Waals surface area contributed by atoms with E-state index >= 15 is 0 Å². The van der Waals surface area contributed by atoms with Gasteiger partial charge in [-0.25, -0.2) is 0 Å². The average molecular weight is 231 g/mol. The highest BCUT2D eigenvalue weighted by Gasteiger charge is 2.25. The second-order valence-electron chi connectivity index (χ2n) is 4.02. The molecule has 89 valence electrons. The molecule has 1 aromatic carbocycles. The molecule has 0 aromatic heterocycles. The maximum Gasteiger partial charge on any atom is 0.237 e. The highest BCUT2D eigenvalue weighted by Crippen LogP contribution is 2.26. The Balaban J connectivity index is 2.13. The molecule has 0 spiro atoms. The van der Waals surface area contributed by atoms with Crippen LogP contribution in [0.4, 0.5) is 5.69 Å². The summed E-state index contributed by atoms with van der Waals surface area (Å²) in [6.07, 6.45) is 2.65. The van der Waals surface area contributed by atoms with Crippen LogP contribution in [0.15, 0.2) is 30.5 Å². The summed E-state index contributed by atoms with van der Waals surface area (Å²) in [6.45, 7) is 0. The van der Waals surface area contributed by atoms with Crippen molar-refractivity contribution in [3.05, 3.63) is 36.0 Å². The van der Waals surface area contributed by atoms with Crippen LogP contribution in [0, 0.1) is 0 Å². The molecule has 1 heterocycles. The number of anilines is 1. The van der Waals surface area contributed by atoms with Crippen LogP contribution in [0.25, 0.3) is 5.57 Å². The molecule has 1 aromatic rings. The first-order valence-corrected chi connectivity index (χ1v) is 5.70. The SMILES string of the molecule is CNC(=O)[C@H](CC1=C[NH+]c2ccccc21)NC. The summed E-state index contributed by atoms with van der Waals surface area (Å²) >= 11 is 0. The van der Waals surface area contributed by atoms with Crippen molar-refractivity contribution in [1.82, 2.24) is 10.6 Å². The van der Waals surface area contributed by atoms with Gasteiger partial charge in [-0.15, -0.1) is 5.32 Å². The minimum Gasteiger partial charge on any atom is -0.358 e. The van der Waals surface area contributed by atoms with Gasteiger partial charge in [-0.2, -0.15) is 0 Å². The number of carbonyl (C=O) groups excluding carboxylic acids is 1. The maximum atomic E-state index is 11.6. The molecule has 4 nitrogen and oxygen atoms in total. The van der Waals surface area contributed by atoms with Crippen LogP contribution in [-0.2, 0) is 4.79 Å². The van der Waals surface area contributed by atoms with Gasteiger partial charge in [0.15, 0.2) is 11.9 Å². The smallest absolute Gasteiger partial charge is 0.237 e. The van der Waals surface area contributed by atoms with Gasteiger partial charge >= 0.3 is 0 Å². The minimum absolute atomic E-state index is 0.0118. The number of rotatable bonds is 4. The summed E-state index contributed by atoms with van der Waals surface area (Å²) in [5, 5.41) is 8.91. The quantitative estimate of drug-likeness (QED) is 0.669. The predicted molar refractivity (Wildman–Crippen MR) is 66.6 cm³/mol. The summed E-state index contributed by atoms with van der Waals surface area (Å²) in [5.41, 5.74) is 3.44. The molecule has 0 unspecified atom stereocenters.